The van der Waals surface area contributed by atoms with Gasteiger partial charge in [0.1, 0.15) is 5.76 Å². The highest BCUT2D eigenvalue weighted by Gasteiger charge is 2.03. The second kappa shape index (κ2) is 10.1. The van der Waals surface area contributed by atoms with E-state index in [0.29, 0.717) is 6.04 Å². The molecule has 1 aromatic heterocycles. The molecule has 1 aromatic rings. The third-order valence-electron chi connectivity index (χ3n) is 2.78. The van der Waals surface area contributed by atoms with E-state index in [2.05, 4.69) is 12.2 Å². The summed E-state index contributed by atoms with van der Waals surface area (Å²) in [6, 6.07) is 4.44. The number of rotatable bonds is 11. The molecule has 104 valence electrons. The van der Waals surface area contributed by atoms with Crippen LogP contribution in [0.1, 0.15) is 25.5 Å². The van der Waals surface area contributed by atoms with Gasteiger partial charge in [0, 0.05) is 39.3 Å². The average molecular weight is 255 g/mol. The summed E-state index contributed by atoms with van der Waals surface area (Å²) in [5.74, 6) is 1.06. The molecule has 0 aromatic carbocycles. The van der Waals surface area contributed by atoms with E-state index in [-0.39, 0.29) is 0 Å². The van der Waals surface area contributed by atoms with Crippen LogP contribution in [0.25, 0.3) is 0 Å². The van der Waals surface area contributed by atoms with Crippen LogP contribution in [0.4, 0.5) is 0 Å². The minimum absolute atomic E-state index is 0.484. The fourth-order valence-electron chi connectivity index (χ4n) is 1.70. The lowest BCUT2D eigenvalue weighted by Gasteiger charge is -2.13. The Balaban J connectivity index is 1.89. The minimum Gasteiger partial charge on any atom is -0.469 e. The Labute approximate surface area is 110 Å². The normalized spacial score (nSPS) is 12.8. The van der Waals surface area contributed by atoms with Crippen LogP contribution in [0.5, 0.6) is 0 Å². The summed E-state index contributed by atoms with van der Waals surface area (Å²) in [6.45, 7) is 5.39. The van der Waals surface area contributed by atoms with E-state index in [1.54, 1.807) is 13.4 Å². The number of methoxy groups -OCH3 is 1. The van der Waals surface area contributed by atoms with Gasteiger partial charge in [-0.3, -0.25) is 0 Å². The quantitative estimate of drug-likeness (QED) is 0.616. The van der Waals surface area contributed by atoms with Crippen molar-refractivity contribution < 1.29 is 13.9 Å². The van der Waals surface area contributed by atoms with Gasteiger partial charge in [0.2, 0.25) is 0 Å². The van der Waals surface area contributed by atoms with Crippen LogP contribution in [0, 0.1) is 0 Å². The summed E-state index contributed by atoms with van der Waals surface area (Å²) in [5, 5.41) is 3.44. The summed E-state index contributed by atoms with van der Waals surface area (Å²) >= 11 is 0. The first-order valence-electron chi connectivity index (χ1n) is 6.65. The van der Waals surface area contributed by atoms with Crippen molar-refractivity contribution in [1.82, 2.24) is 5.32 Å². The molecule has 0 saturated heterocycles. The highest BCUT2D eigenvalue weighted by molar-refractivity contribution is 4.98. The van der Waals surface area contributed by atoms with E-state index in [0.717, 1.165) is 51.4 Å². The van der Waals surface area contributed by atoms with Crippen molar-refractivity contribution in [1.29, 1.82) is 0 Å². The largest absolute Gasteiger partial charge is 0.469 e. The number of aryl methyl sites for hydroxylation is 1. The van der Waals surface area contributed by atoms with Crippen LogP contribution in [0.15, 0.2) is 22.8 Å². The number of furan rings is 1. The smallest absolute Gasteiger partial charge is 0.103 e. The average Bonchev–Trinajstić information content (AvgIpc) is 2.88. The Morgan fingerprint density at radius 2 is 2.22 bits per heavy atom. The van der Waals surface area contributed by atoms with Crippen LogP contribution >= 0.6 is 0 Å². The van der Waals surface area contributed by atoms with Crippen molar-refractivity contribution in [3.05, 3.63) is 24.2 Å². The van der Waals surface area contributed by atoms with Crippen molar-refractivity contribution in [2.24, 2.45) is 0 Å². The molecule has 4 nitrogen and oxygen atoms in total. The van der Waals surface area contributed by atoms with Crippen molar-refractivity contribution in [3.63, 3.8) is 0 Å². The molecule has 0 radical (unpaired) electrons. The third-order valence-corrected chi connectivity index (χ3v) is 2.78. The zero-order valence-electron chi connectivity index (χ0n) is 11.5. The molecule has 0 aliphatic carbocycles. The van der Waals surface area contributed by atoms with Gasteiger partial charge in [0.15, 0.2) is 0 Å². The number of hydrogen-bond acceptors (Lipinski definition) is 4. The van der Waals surface area contributed by atoms with E-state index in [1.807, 2.05) is 12.1 Å². The van der Waals surface area contributed by atoms with Crippen LogP contribution in [0.3, 0.4) is 0 Å². The first kappa shape index (κ1) is 15.2. The Morgan fingerprint density at radius 1 is 1.33 bits per heavy atom. The fraction of sp³-hybridized carbons (Fsp3) is 0.714. The van der Waals surface area contributed by atoms with Crippen LogP contribution in [-0.2, 0) is 15.9 Å². The Morgan fingerprint density at radius 3 is 2.94 bits per heavy atom. The molecular formula is C14H25NO3. The predicted molar refractivity (Wildman–Crippen MR) is 71.8 cm³/mol. The fourth-order valence-corrected chi connectivity index (χ4v) is 1.70. The Bertz CT molecular complexity index is 275. The maximum atomic E-state index is 5.48. The van der Waals surface area contributed by atoms with Crippen LogP contribution in [-0.4, -0.2) is 39.5 Å². The van der Waals surface area contributed by atoms with Gasteiger partial charge >= 0.3 is 0 Å². The summed E-state index contributed by atoms with van der Waals surface area (Å²) in [6.07, 6.45) is 4.75. The van der Waals surface area contributed by atoms with Gasteiger partial charge in [-0.2, -0.15) is 0 Å². The summed E-state index contributed by atoms with van der Waals surface area (Å²) in [4.78, 5) is 0. The molecule has 1 unspecified atom stereocenters. The highest BCUT2D eigenvalue weighted by atomic mass is 16.5. The van der Waals surface area contributed by atoms with E-state index in [1.165, 1.54) is 0 Å². The molecule has 0 fully saturated rings. The van der Waals surface area contributed by atoms with E-state index in [4.69, 9.17) is 13.9 Å². The molecule has 1 atom stereocenters. The van der Waals surface area contributed by atoms with Gasteiger partial charge in [-0.05, 0) is 31.9 Å². The van der Waals surface area contributed by atoms with Crippen molar-refractivity contribution >= 4 is 0 Å². The molecule has 4 heteroatoms. The van der Waals surface area contributed by atoms with Crippen LogP contribution in [0.2, 0.25) is 0 Å². The van der Waals surface area contributed by atoms with Gasteiger partial charge in [-0.25, -0.2) is 0 Å². The molecule has 0 amide bonds. The number of nitrogens with one attached hydrogen (secondary N) is 1. The number of ether oxygens (including phenoxy) is 2. The number of hydrogen-bond donors (Lipinski definition) is 1. The molecule has 0 spiro atoms. The molecule has 0 aliphatic rings. The minimum atomic E-state index is 0.484. The lowest BCUT2D eigenvalue weighted by Crippen LogP contribution is -2.30. The van der Waals surface area contributed by atoms with Crippen molar-refractivity contribution in [3.8, 4) is 0 Å². The maximum absolute atomic E-state index is 5.48. The molecule has 1 heterocycles. The van der Waals surface area contributed by atoms with Crippen LogP contribution < -0.4 is 5.32 Å². The summed E-state index contributed by atoms with van der Waals surface area (Å²) in [7, 11) is 1.71. The molecule has 0 bridgehead atoms. The van der Waals surface area contributed by atoms with Gasteiger partial charge in [0.25, 0.3) is 0 Å². The van der Waals surface area contributed by atoms with Gasteiger partial charge in [0.05, 0.1) is 12.9 Å². The summed E-state index contributed by atoms with van der Waals surface area (Å²) < 4.78 is 15.7. The third kappa shape index (κ3) is 7.48. The molecule has 1 rings (SSSR count). The second-order valence-corrected chi connectivity index (χ2v) is 4.43. The molecule has 0 saturated carbocycles. The van der Waals surface area contributed by atoms with E-state index >= 15 is 0 Å². The van der Waals surface area contributed by atoms with Gasteiger partial charge < -0.3 is 19.2 Å². The standard InChI is InChI=1S/C14H25NO3/c1-13(6-7-14-5-3-11-18-14)15-8-12-17-10-4-9-16-2/h3,5,11,13,15H,4,6-10,12H2,1-2H3. The Kier molecular flexibility index (Phi) is 8.55. The lowest BCUT2D eigenvalue weighted by molar-refractivity contribution is 0.103. The maximum Gasteiger partial charge on any atom is 0.103 e. The first-order valence-corrected chi connectivity index (χ1v) is 6.65. The second-order valence-electron chi connectivity index (χ2n) is 4.43. The van der Waals surface area contributed by atoms with Gasteiger partial charge in [-0.1, -0.05) is 0 Å². The lowest BCUT2D eigenvalue weighted by atomic mass is 10.1. The van der Waals surface area contributed by atoms with Crippen molar-refractivity contribution in [2.45, 2.75) is 32.2 Å². The zero-order chi connectivity index (χ0) is 13.1. The highest BCUT2D eigenvalue weighted by Crippen LogP contribution is 2.05. The first-order chi connectivity index (χ1) is 8.83. The topological polar surface area (TPSA) is 43.6 Å². The molecular weight excluding hydrogens is 230 g/mol. The zero-order valence-corrected chi connectivity index (χ0v) is 11.5. The monoisotopic (exact) mass is 255 g/mol. The summed E-state index contributed by atoms with van der Waals surface area (Å²) in [5.41, 5.74) is 0. The molecule has 18 heavy (non-hydrogen) atoms. The SMILES string of the molecule is COCCCOCCNC(C)CCc1ccco1. The predicted octanol–water partition coefficient (Wildman–Crippen LogP) is 2.24. The van der Waals surface area contributed by atoms with E-state index < -0.39 is 0 Å². The van der Waals surface area contributed by atoms with Crippen molar-refractivity contribution in [2.75, 3.05) is 33.5 Å². The Hall–Kier alpha value is -0.840. The van der Waals surface area contributed by atoms with Gasteiger partial charge in [-0.15, -0.1) is 0 Å². The molecule has 1 N–H and O–H groups in total. The van der Waals surface area contributed by atoms with E-state index in [9.17, 15) is 0 Å². The molecule has 0 aliphatic heterocycles.